The Morgan fingerprint density at radius 2 is 1.91 bits per heavy atom. The van der Waals surface area contributed by atoms with Gasteiger partial charge in [0.2, 0.25) is 0 Å². The molecule has 0 amide bonds. The van der Waals surface area contributed by atoms with Crippen LogP contribution >= 0.6 is 0 Å². The second kappa shape index (κ2) is 9.26. The number of nitrogens with one attached hydrogen (secondary N) is 1. The van der Waals surface area contributed by atoms with E-state index in [1.165, 1.54) is 6.07 Å². The average molecular weight is 479 g/mol. The minimum Gasteiger partial charge on any atom is -0.478 e. The van der Waals surface area contributed by atoms with Gasteiger partial charge in [-0.15, -0.1) is 0 Å². The van der Waals surface area contributed by atoms with E-state index < -0.39 is 16.0 Å². The highest BCUT2D eigenvalue weighted by molar-refractivity contribution is 7.92. The number of sulfonamides is 1. The van der Waals surface area contributed by atoms with Crippen LogP contribution in [-0.4, -0.2) is 34.3 Å². The molecular formula is C25H26N4O4S. The molecule has 0 unspecified atom stereocenters. The van der Waals surface area contributed by atoms with Crippen molar-refractivity contribution in [1.29, 1.82) is 0 Å². The van der Waals surface area contributed by atoms with Crippen molar-refractivity contribution < 1.29 is 18.3 Å². The fraction of sp³-hybridized carbons (Fsp3) is 0.240. The molecule has 2 N–H and O–H groups in total. The zero-order chi connectivity index (χ0) is 24.5. The summed E-state index contributed by atoms with van der Waals surface area (Å²) in [4.78, 5) is 16.2. The quantitative estimate of drug-likeness (QED) is 0.368. The minimum atomic E-state index is -3.88. The van der Waals surface area contributed by atoms with Gasteiger partial charge in [0.25, 0.3) is 10.0 Å². The third kappa shape index (κ3) is 4.65. The molecule has 176 valence electrons. The van der Waals surface area contributed by atoms with Crippen molar-refractivity contribution in [3.63, 3.8) is 0 Å². The predicted octanol–water partition coefficient (Wildman–Crippen LogP) is 5.01. The first-order valence-corrected chi connectivity index (χ1v) is 12.5. The van der Waals surface area contributed by atoms with Gasteiger partial charge in [-0.2, -0.15) is 5.10 Å². The first-order chi connectivity index (χ1) is 16.2. The lowest BCUT2D eigenvalue weighted by Gasteiger charge is -2.14. The number of benzene rings is 2. The number of fused-ring (bicyclic) bond motifs is 1. The minimum absolute atomic E-state index is 0.134. The molecule has 0 radical (unpaired) electrons. The number of anilines is 1. The summed E-state index contributed by atoms with van der Waals surface area (Å²) >= 11 is 0. The van der Waals surface area contributed by atoms with Gasteiger partial charge in [-0.3, -0.25) is 14.4 Å². The van der Waals surface area contributed by atoms with Gasteiger partial charge in [0, 0.05) is 29.4 Å². The molecule has 2 heterocycles. The lowest BCUT2D eigenvalue weighted by Crippen LogP contribution is -2.14. The summed E-state index contributed by atoms with van der Waals surface area (Å²) in [6, 6.07) is 13.7. The van der Waals surface area contributed by atoms with E-state index in [1.807, 2.05) is 25.1 Å². The van der Waals surface area contributed by atoms with E-state index in [9.17, 15) is 18.3 Å². The molecule has 4 aromatic rings. The number of hydrogen-bond donors (Lipinski definition) is 2. The largest absolute Gasteiger partial charge is 0.478 e. The first-order valence-electron chi connectivity index (χ1n) is 11.0. The maximum Gasteiger partial charge on any atom is 0.335 e. The Bertz CT molecular complexity index is 1490. The summed E-state index contributed by atoms with van der Waals surface area (Å²) in [5, 5.41) is 14.3. The lowest BCUT2D eigenvalue weighted by atomic mass is 9.99. The number of carbonyl (C=O) groups is 1. The Balaban J connectivity index is 1.78. The Morgan fingerprint density at radius 1 is 1.12 bits per heavy atom. The third-order valence-electron chi connectivity index (χ3n) is 5.59. The molecule has 0 aliphatic rings. The molecule has 2 aromatic carbocycles. The monoisotopic (exact) mass is 478 g/mol. The normalized spacial score (nSPS) is 11.6. The number of nitrogens with zero attached hydrogens (tertiary/aromatic N) is 3. The van der Waals surface area contributed by atoms with Gasteiger partial charge >= 0.3 is 5.97 Å². The van der Waals surface area contributed by atoms with Crippen molar-refractivity contribution in [2.75, 3.05) is 4.72 Å². The van der Waals surface area contributed by atoms with Crippen LogP contribution in [0, 0.1) is 13.8 Å². The SMILES string of the molecule is CCCCn1cc(S(=O)(=O)Nc2ccc(-c3cccc(C(=O)O)c3)c3nc(C)ccc23)c(C)n1. The van der Waals surface area contributed by atoms with Crippen LogP contribution in [0.25, 0.3) is 22.0 Å². The summed E-state index contributed by atoms with van der Waals surface area (Å²) in [7, 11) is -3.88. The highest BCUT2D eigenvalue weighted by Gasteiger charge is 2.22. The van der Waals surface area contributed by atoms with Crippen molar-refractivity contribution >= 4 is 32.6 Å². The van der Waals surface area contributed by atoms with Crippen molar-refractivity contribution in [2.24, 2.45) is 0 Å². The van der Waals surface area contributed by atoms with Gasteiger partial charge in [-0.05, 0) is 56.2 Å². The van der Waals surface area contributed by atoms with E-state index in [1.54, 1.807) is 42.1 Å². The van der Waals surface area contributed by atoms with Gasteiger partial charge < -0.3 is 5.11 Å². The molecule has 0 aliphatic carbocycles. The number of hydrogen-bond acceptors (Lipinski definition) is 5. The summed E-state index contributed by atoms with van der Waals surface area (Å²) in [6.45, 7) is 6.25. The highest BCUT2D eigenvalue weighted by Crippen LogP contribution is 2.34. The molecule has 9 heteroatoms. The second-order valence-corrected chi connectivity index (χ2v) is 9.85. The number of carboxylic acids is 1. The Kier molecular flexibility index (Phi) is 6.39. The van der Waals surface area contributed by atoms with E-state index >= 15 is 0 Å². The number of pyridine rings is 1. The first kappa shape index (κ1) is 23.4. The standard InChI is InChI=1S/C25H26N4O4S/c1-4-5-13-29-15-23(17(3)27-29)34(32,33)28-22-12-11-20(24-21(22)10-9-16(2)26-24)18-7-6-8-19(14-18)25(30)31/h6-12,14-15,28H,4-5,13H2,1-3H3,(H,30,31). The smallest absolute Gasteiger partial charge is 0.335 e. The van der Waals surface area contributed by atoms with Crippen LogP contribution in [0.3, 0.4) is 0 Å². The number of rotatable bonds is 8. The van der Waals surface area contributed by atoms with Crippen LogP contribution in [-0.2, 0) is 16.6 Å². The molecule has 34 heavy (non-hydrogen) atoms. The van der Waals surface area contributed by atoms with E-state index in [0.29, 0.717) is 40.0 Å². The van der Waals surface area contributed by atoms with Crippen LogP contribution in [0.1, 0.15) is 41.5 Å². The van der Waals surface area contributed by atoms with Crippen LogP contribution in [0.15, 0.2) is 59.6 Å². The van der Waals surface area contributed by atoms with Crippen LogP contribution in [0.4, 0.5) is 5.69 Å². The summed E-state index contributed by atoms with van der Waals surface area (Å²) in [6.07, 6.45) is 3.46. The number of aryl methyl sites for hydroxylation is 3. The molecule has 0 saturated carbocycles. The van der Waals surface area contributed by atoms with Crippen molar-refractivity contribution in [1.82, 2.24) is 14.8 Å². The van der Waals surface area contributed by atoms with Crippen LogP contribution < -0.4 is 4.72 Å². The van der Waals surface area contributed by atoms with E-state index in [-0.39, 0.29) is 10.5 Å². The van der Waals surface area contributed by atoms with Gasteiger partial charge in [-0.25, -0.2) is 13.2 Å². The van der Waals surface area contributed by atoms with E-state index in [2.05, 4.69) is 21.7 Å². The molecule has 0 saturated heterocycles. The molecule has 4 rings (SSSR count). The maximum atomic E-state index is 13.2. The van der Waals surface area contributed by atoms with Crippen molar-refractivity contribution in [3.05, 3.63) is 71.7 Å². The number of unbranched alkanes of at least 4 members (excludes halogenated alkanes) is 1. The van der Waals surface area contributed by atoms with E-state index in [4.69, 9.17) is 0 Å². The average Bonchev–Trinajstić information content (AvgIpc) is 3.19. The summed E-state index contributed by atoms with van der Waals surface area (Å²) < 4.78 is 30.9. The maximum absolute atomic E-state index is 13.2. The van der Waals surface area contributed by atoms with Gasteiger partial charge in [-0.1, -0.05) is 31.5 Å². The molecule has 0 bridgehead atoms. The Morgan fingerprint density at radius 3 is 2.65 bits per heavy atom. The Labute approximate surface area is 198 Å². The Hall–Kier alpha value is -3.72. The van der Waals surface area contributed by atoms with Gasteiger partial charge in [0.05, 0.1) is 22.5 Å². The number of carboxylic acid groups (broad SMARTS) is 1. The number of aromatic carboxylic acids is 1. The fourth-order valence-electron chi connectivity index (χ4n) is 3.85. The molecule has 0 spiro atoms. The van der Waals surface area contributed by atoms with Crippen LogP contribution in [0.5, 0.6) is 0 Å². The highest BCUT2D eigenvalue weighted by atomic mass is 32.2. The third-order valence-corrected chi connectivity index (χ3v) is 7.06. The summed E-state index contributed by atoms with van der Waals surface area (Å²) in [5.74, 6) is -1.02. The molecule has 8 nitrogen and oxygen atoms in total. The number of aromatic nitrogens is 3. The fourth-order valence-corrected chi connectivity index (χ4v) is 5.12. The topological polar surface area (TPSA) is 114 Å². The lowest BCUT2D eigenvalue weighted by molar-refractivity contribution is 0.0697. The predicted molar refractivity (Wildman–Crippen MR) is 132 cm³/mol. The van der Waals surface area contributed by atoms with Crippen molar-refractivity contribution in [2.45, 2.75) is 45.1 Å². The molecule has 2 aromatic heterocycles. The second-order valence-electron chi connectivity index (χ2n) is 8.20. The zero-order valence-electron chi connectivity index (χ0n) is 19.2. The van der Waals surface area contributed by atoms with Gasteiger partial charge in [0.1, 0.15) is 4.90 Å². The molecular weight excluding hydrogens is 452 g/mol. The van der Waals surface area contributed by atoms with E-state index in [0.717, 1.165) is 18.5 Å². The van der Waals surface area contributed by atoms with Crippen molar-refractivity contribution in [3.8, 4) is 11.1 Å². The van der Waals surface area contributed by atoms with Gasteiger partial charge in [0.15, 0.2) is 0 Å². The molecule has 0 atom stereocenters. The molecule has 0 aliphatic heterocycles. The zero-order valence-corrected chi connectivity index (χ0v) is 20.1. The summed E-state index contributed by atoms with van der Waals surface area (Å²) in [5.41, 5.74) is 3.73. The molecule has 0 fully saturated rings. The van der Waals surface area contributed by atoms with Crippen LogP contribution in [0.2, 0.25) is 0 Å².